The first-order valence-corrected chi connectivity index (χ1v) is 8.42. The van der Waals surface area contributed by atoms with Gasteiger partial charge < -0.3 is 4.74 Å². The Hall–Kier alpha value is -1.98. The average Bonchev–Trinajstić information content (AvgIpc) is 2.65. The molecule has 208 valence electrons. The second-order valence-electron chi connectivity index (χ2n) is 7.41. The van der Waals surface area contributed by atoms with Crippen LogP contribution in [-0.2, 0) is 9.53 Å². The Kier molecular flexibility index (Phi) is 8.34. The highest BCUT2D eigenvalue weighted by molar-refractivity contribution is 5.90. The molecule has 0 bridgehead atoms. The second kappa shape index (κ2) is 8.85. The molecule has 35 heavy (non-hydrogen) atoms. The van der Waals surface area contributed by atoms with Crippen LogP contribution < -0.4 is 0 Å². The van der Waals surface area contributed by atoms with Crippen LogP contribution in [0.4, 0.5) is 74.6 Å². The van der Waals surface area contributed by atoms with Gasteiger partial charge in [0.1, 0.15) is 5.57 Å². The molecule has 2 nitrogen and oxygen atoms in total. The smallest absolute Gasteiger partial charge is 0.382 e. The van der Waals surface area contributed by atoms with Gasteiger partial charge in [-0.1, -0.05) is 6.58 Å². The van der Waals surface area contributed by atoms with Crippen molar-refractivity contribution in [1.82, 2.24) is 0 Å². The lowest BCUT2D eigenvalue weighted by molar-refractivity contribution is -0.372. The van der Waals surface area contributed by atoms with Crippen LogP contribution in [0.15, 0.2) is 12.2 Å². The van der Waals surface area contributed by atoms with E-state index < -0.39 is 92.0 Å². The van der Waals surface area contributed by atoms with Crippen LogP contribution in [0.3, 0.4) is 0 Å². The minimum Gasteiger partial charge on any atom is -0.449 e. The molecule has 0 amide bonds. The molecule has 0 saturated heterocycles. The molecule has 0 aliphatic rings. The minimum absolute atomic E-state index is 0.453. The summed E-state index contributed by atoms with van der Waals surface area (Å²) in [6.07, 6.45) is -9.69. The normalized spacial score (nSPS) is 16.4. The molecule has 0 N–H and O–H groups in total. The number of carbonyl (C=O) groups is 1. The van der Waals surface area contributed by atoms with E-state index in [0.29, 0.717) is 0 Å². The molecule has 0 aromatic heterocycles. The van der Waals surface area contributed by atoms with Gasteiger partial charge in [-0.25, -0.2) is 18.0 Å². The maximum atomic E-state index is 14.0. The predicted molar refractivity (Wildman–Crippen MR) is 80.5 cm³/mol. The SMILES string of the molecule is C=C(C(=O)OC(C)(C)C(F)(F)C(F)(F)C(F)(F)C(F)F)C(F)(F)C(F)(F)C(F)(F)C(F)(F)C(C)F. The van der Waals surface area contributed by atoms with E-state index in [9.17, 15) is 79.4 Å². The zero-order valence-electron chi connectivity index (χ0n) is 17.1. The Morgan fingerprint density at radius 3 is 1.31 bits per heavy atom. The van der Waals surface area contributed by atoms with Crippen molar-refractivity contribution in [3.05, 3.63) is 12.2 Å². The molecule has 0 spiro atoms. The molecule has 0 aromatic carbocycles. The standard InChI is InChI=1S/C16H13F17O2/c1-5(10(20,21)14(28,29)15(30,31)11(22,23)6(2)17)7(34)35-9(3,4)13(26,27)16(32,33)12(24,25)8(18)19/h6,8H,1H2,2-4H3. The van der Waals surface area contributed by atoms with E-state index in [-0.39, 0.29) is 0 Å². The lowest BCUT2D eigenvalue weighted by atomic mass is 9.89. The van der Waals surface area contributed by atoms with Gasteiger partial charge in [0.2, 0.25) is 0 Å². The maximum absolute atomic E-state index is 14.0. The fourth-order valence-electron chi connectivity index (χ4n) is 2.06. The zero-order chi connectivity index (χ0) is 29.0. The summed E-state index contributed by atoms with van der Waals surface area (Å²) in [5.74, 6) is -52.2. The van der Waals surface area contributed by atoms with Crippen LogP contribution in [0.5, 0.6) is 0 Å². The van der Waals surface area contributed by atoms with E-state index in [1.807, 2.05) is 0 Å². The number of alkyl halides is 17. The number of halogens is 17. The Morgan fingerprint density at radius 1 is 0.657 bits per heavy atom. The number of ether oxygens (including phenoxy) is 1. The van der Waals surface area contributed by atoms with E-state index in [1.54, 1.807) is 6.58 Å². The highest BCUT2D eigenvalue weighted by atomic mass is 19.4. The van der Waals surface area contributed by atoms with E-state index in [1.165, 1.54) is 0 Å². The summed E-state index contributed by atoms with van der Waals surface area (Å²) in [5, 5.41) is 0. The number of carbonyl (C=O) groups excluding carboxylic acids is 1. The molecular formula is C16H13F17O2. The van der Waals surface area contributed by atoms with Gasteiger partial charge in [0.15, 0.2) is 11.8 Å². The largest absolute Gasteiger partial charge is 0.449 e. The molecule has 0 aliphatic carbocycles. The summed E-state index contributed by atoms with van der Waals surface area (Å²) in [6.45, 7) is 0.331. The van der Waals surface area contributed by atoms with Gasteiger partial charge in [0, 0.05) is 0 Å². The Balaban J connectivity index is 6.33. The number of rotatable bonds is 11. The van der Waals surface area contributed by atoms with Gasteiger partial charge in [-0.3, -0.25) is 0 Å². The molecule has 1 atom stereocenters. The number of esters is 1. The van der Waals surface area contributed by atoms with Crippen molar-refractivity contribution >= 4 is 5.97 Å². The van der Waals surface area contributed by atoms with Crippen molar-refractivity contribution in [3.63, 3.8) is 0 Å². The third-order valence-electron chi connectivity index (χ3n) is 4.52. The molecule has 19 heteroatoms. The van der Waals surface area contributed by atoms with Gasteiger partial charge in [0.05, 0.1) is 0 Å². The first-order valence-electron chi connectivity index (χ1n) is 8.42. The fraction of sp³-hybridized carbons (Fsp3) is 0.812. The lowest BCUT2D eigenvalue weighted by Crippen LogP contribution is -2.67. The molecule has 0 rings (SSSR count). The van der Waals surface area contributed by atoms with Crippen molar-refractivity contribution in [2.45, 2.75) is 80.4 Å². The predicted octanol–water partition coefficient (Wildman–Crippen LogP) is 6.93. The van der Waals surface area contributed by atoms with Crippen LogP contribution in [0, 0.1) is 0 Å². The topological polar surface area (TPSA) is 26.3 Å². The van der Waals surface area contributed by atoms with Crippen LogP contribution in [0.2, 0.25) is 0 Å². The highest BCUT2D eigenvalue weighted by Gasteiger charge is 2.84. The zero-order valence-corrected chi connectivity index (χ0v) is 17.1. The molecule has 0 aliphatic heterocycles. The monoisotopic (exact) mass is 560 g/mol. The average molecular weight is 560 g/mol. The third-order valence-corrected chi connectivity index (χ3v) is 4.52. The summed E-state index contributed by atoms with van der Waals surface area (Å²) in [4.78, 5) is 11.6. The van der Waals surface area contributed by atoms with Crippen LogP contribution in [-0.4, -0.2) is 65.6 Å². The van der Waals surface area contributed by atoms with Crippen molar-refractivity contribution in [3.8, 4) is 0 Å². The van der Waals surface area contributed by atoms with Gasteiger partial charge >= 0.3 is 53.9 Å². The van der Waals surface area contributed by atoms with Crippen molar-refractivity contribution in [2.24, 2.45) is 0 Å². The lowest BCUT2D eigenvalue weighted by Gasteiger charge is -2.41. The second-order valence-corrected chi connectivity index (χ2v) is 7.41. The summed E-state index contributed by atoms with van der Waals surface area (Å²) >= 11 is 0. The fourth-order valence-corrected chi connectivity index (χ4v) is 2.06. The summed E-state index contributed by atoms with van der Waals surface area (Å²) in [7, 11) is 0. The van der Waals surface area contributed by atoms with Gasteiger partial charge in [0.25, 0.3) is 0 Å². The summed E-state index contributed by atoms with van der Waals surface area (Å²) < 4.78 is 229. The van der Waals surface area contributed by atoms with E-state index in [4.69, 9.17) is 0 Å². The number of hydrogen-bond donors (Lipinski definition) is 0. The summed E-state index contributed by atoms with van der Waals surface area (Å²) in [6, 6.07) is 0. The summed E-state index contributed by atoms with van der Waals surface area (Å²) in [5.41, 5.74) is -7.93. The molecule has 0 heterocycles. The first-order chi connectivity index (χ1) is 14.9. The van der Waals surface area contributed by atoms with Gasteiger partial charge in [-0.2, -0.15) is 61.5 Å². The van der Waals surface area contributed by atoms with Crippen LogP contribution in [0.1, 0.15) is 20.8 Å². The molecule has 1 unspecified atom stereocenters. The Bertz CT molecular complexity index is 813. The molecule has 0 aromatic rings. The third kappa shape index (κ3) is 4.62. The van der Waals surface area contributed by atoms with Gasteiger partial charge in [-0.15, -0.1) is 0 Å². The quantitative estimate of drug-likeness (QED) is 0.156. The van der Waals surface area contributed by atoms with E-state index in [2.05, 4.69) is 4.74 Å². The molecule has 0 saturated carbocycles. The molecular weight excluding hydrogens is 547 g/mol. The Labute approximate surface area is 184 Å². The minimum atomic E-state index is -7.43. The van der Waals surface area contributed by atoms with Crippen LogP contribution >= 0.6 is 0 Å². The number of hydrogen-bond acceptors (Lipinski definition) is 2. The van der Waals surface area contributed by atoms with E-state index in [0.717, 1.165) is 0 Å². The van der Waals surface area contributed by atoms with Crippen LogP contribution in [0.25, 0.3) is 0 Å². The molecule has 0 radical (unpaired) electrons. The van der Waals surface area contributed by atoms with Crippen molar-refractivity contribution < 1.29 is 84.2 Å². The van der Waals surface area contributed by atoms with Crippen molar-refractivity contribution in [1.29, 1.82) is 0 Å². The molecule has 0 fully saturated rings. The van der Waals surface area contributed by atoms with Crippen molar-refractivity contribution in [2.75, 3.05) is 0 Å². The maximum Gasteiger partial charge on any atom is 0.382 e. The Morgan fingerprint density at radius 2 is 1.00 bits per heavy atom. The van der Waals surface area contributed by atoms with Gasteiger partial charge in [-0.05, 0) is 20.8 Å². The van der Waals surface area contributed by atoms with E-state index >= 15 is 0 Å². The highest BCUT2D eigenvalue weighted by Crippen LogP contribution is 2.57. The first kappa shape index (κ1) is 33.0.